The highest BCUT2D eigenvalue weighted by Crippen LogP contribution is 2.31. The van der Waals surface area contributed by atoms with E-state index in [0.29, 0.717) is 22.4 Å². The predicted octanol–water partition coefficient (Wildman–Crippen LogP) is 4.23. The number of hydrogen-bond donors (Lipinski definition) is 3. The number of pyridine rings is 1. The third-order valence-electron chi connectivity index (χ3n) is 4.78. The van der Waals surface area contributed by atoms with E-state index in [4.69, 9.17) is 15.6 Å². The van der Waals surface area contributed by atoms with Gasteiger partial charge in [-0.15, -0.1) is 0 Å². The normalized spacial score (nSPS) is 11.5. The number of aromatic amines is 1. The van der Waals surface area contributed by atoms with Gasteiger partial charge in [-0.05, 0) is 30.2 Å². The molecule has 0 atom stereocenters. The van der Waals surface area contributed by atoms with Crippen LogP contribution in [0.15, 0.2) is 53.0 Å². The van der Waals surface area contributed by atoms with Crippen LogP contribution in [0.1, 0.15) is 17.1 Å². The van der Waals surface area contributed by atoms with Gasteiger partial charge in [0.1, 0.15) is 11.5 Å². The molecular formula is C21H17F8N5O3. The maximum Gasteiger partial charge on any atom is 0.490 e. The molecule has 0 radical (unpaired) electrons. The standard InChI is InChI=1S/C19H16F5N5O.C2HF3O2/c1-10-13(11-5-6-15(26-9-11)19(22,23)24)3-2-4-14(10)29-16(27-28-18(29)30)7-12(8-25)17(20)21;3-2(4,5)1(6)7/h2-6,9H,7-8,25H2,1H3,(H,28,30);(H,6,7). The molecule has 16 heteroatoms. The lowest BCUT2D eigenvalue weighted by Crippen LogP contribution is -2.21. The van der Waals surface area contributed by atoms with E-state index in [2.05, 4.69) is 15.2 Å². The average Bonchev–Trinajstić information content (AvgIpc) is 3.16. The van der Waals surface area contributed by atoms with Gasteiger partial charge >= 0.3 is 24.0 Å². The van der Waals surface area contributed by atoms with Gasteiger partial charge in [-0.2, -0.15) is 40.2 Å². The van der Waals surface area contributed by atoms with Crippen molar-refractivity contribution in [1.29, 1.82) is 0 Å². The van der Waals surface area contributed by atoms with Gasteiger partial charge in [-0.25, -0.2) is 19.3 Å². The van der Waals surface area contributed by atoms with Crippen LogP contribution in [0.4, 0.5) is 35.1 Å². The van der Waals surface area contributed by atoms with Crippen LogP contribution >= 0.6 is 0 Å². The van der Waals surface area contributed by atoms with E-state index in [1.807, 2.05) is 0 Å². The number of hydrogen-bond acceptors (Lipinski definition) is 5. The average molecular weight is 539 g/mol. The first-order chi connectivity index (χ1) is 17.1. The van der Waals surface area contributed by atoms with Crippen molar-refractivity contribution in [3.63, 3.8) is 0 Å². The zero-order valence-electron chi connectivity index (χ0n) is 18.6. The molecule has 3 aromatic rings. The van der Waals surface area contributed by atoms with E-state index in [1.165, 1.54) is 6.07 Å². The van der Waals surface area contributed by atoms with Crippen molar-refractivity contribution in [3.05, 3.63) is 75.7 Å². The van der Waals surface area contributed by atoms with Crippen LogP contribution in [0.5, 0.6) is 0 Å². The Kier molecular flexibility index (Phi) is 8.92. The van der Waals surface area contributed by atoms with E-state index in [0.717, 1.165) is 16.8 Å². The lowest BCUT2D eigenvalue weighted by atomic mass is 10.00. The van der Waals surface area contributed by atoms with Gasteiger partial charge in [0, 0.05) is 30.3 Å². The van der Waals surface area contributed by atoms with Crippen LogP contribution in [0, 0.1) is 6.92 Å². The first-order valence-corrected chi connectivity index (χ1v) is 9.91. The third-order valence-corrected chi connectivity index (χ3v) is 4.78. The molecule has 0 saturated carbocycles. The van der Waals surface area contributed by atoms with Crippen molar-refractivity contribution < 1.29 is 45.0 Å². The number of benzene rings is 1. The largest absolute Gasteiger partial charge is 0.490 e. The lowest BCUT2D eigenvalue weighted by molar-refractivity contribution is -0.192. The molecular weight excluding hydrogens is 522 g/mol. The summed E-state index contributed by atoms with van der Waals surface area (Å²) in [6, 6.07) is 6.96. The molecule has 0 aliphatic heterocycles. The quantitative estimate of drug-likeness (QED) is 0.417. The van der Waals surface area contributed by atoms with E-state index in [9.17, 15) is 39.9 Å². The molecule has 2 aromatic heterocycles. The van der Waals surface area contributed by atoms with Crippen molar-refractivity contribution in [2.45, 2.75) is 25.7 Å². The fraction of sp³-hybridized carbons (Fsp3) is 0.238. The molecule has 3 rings (SSSR count). The SMILES string of the molecule is Cc1c(-c2ccc(C(F)(F)F)nc2)cccc1-n1c(CC(CN)=C(F)F)n[nH]c1=O.O=C(O)C(F)(F)F. The molecule has 0 saturated heterocycles. The van der Waals surface area contributed by atoms with Crippen LogP contribution in [0.2, 0.25) is 0 Å². The Hall–Kier alpha value is -4.08. The molecule has 200 valence electrons. The summed E-state index contributed by atoms with van der Waals surface area (Å²) in [6.07, 6.45) is -10.8. The van der Waals surface area contributed by atoms with Crippen LogP contribution < -0.4 is 11.4 Å². The Morgan fingerprint density at radius 2 is 1.73 bits per heavy atom. The second-order valence-corrected chi connectivity index (χ2v) is 7.21. The Balaban J connectivity index is 0.000000604. The summed E-state index contributed by atoms with van der Waals surface area (Å²) in [5.41, 5.74) is 5.10. The maximum atomic E-state index is 13.0. The first-order valence-electron chi connectivity index (χ1n) is 9.91. The summed E-state index contributed by atoms with van der Waals surface area (Å²) in [5.74, 6) is -2.73. The van der Waals surface area contributed by atoms with Crippen molar-refractivity contribution in [2.75, 3.05) is 6.54 Å². The summed E-state index contributed by atoms with van der Waals surface area (Å²) in [7, 11) is 0. The van der Waals surface area contributed by atoms with Crippen molar-refractivity contribution in [2.24, 2.45) is 5.73 Å². The van der Waals surface area contributed by atoms with Crippen LogP contribution in [-0.2, 0) is 17.4 Å². The Bertz CT molecular complexity index is 1340. The van der Waals surface area contributed by atoms with Gasteiger partial charge in [0.2, 0.25) is 0 Å². The summed E-state index contributed by atoms with van der Waals surface area (Å²) in [5, 5.41) is 13.2. The maximum absolute atomic E-state index is 13.0. The minimum absolute atomic E-state index is 0.0269. The molecule has 2 heterocycles. The van der Waals surface area contributed by atoms with Crippen molar-refractivity contribution >= 4 is 5.97 Å². The molecule has 1 aromatic carbocycles. The van der Waals surface area contributed by atoms with Crippen molar-refractivity contribution in [1.82, 2.24) is 19.7 Å². The number of carbonyl (C=O) groups is 1. The second kappa shape index (κ2) is 11.3. The first kappa shape index (κ1) is 29.2. The number of aromatic nitrogens is 4. The number of halogens is 8. The van der Waals surface area contributed by atoms with E-state index < -0.39 is 42.3 Å². The molecule has 0 spiro atoms. The van der Waals surface area contributed by atoms with E-state index in [-0.39, 0.29) is 17.8 Å². The molecule has 0 fully saturated rings. The van der Waals surface area contributed by atoms with Gasteiger partial charge in [-0.1, -0.05) is 18.2 Å². The highest BCUT2D eigenvalue weighted by atomic mass is 19.4. The molecule has 0 unspecified atom stereocenters. The number of alkyl halides is 6. The number of nitrogens with two attached hydrogens (primary N) is 1. The molecule has 0 bridgehead atoms. The Labute approximate surface area is 202 Å². The van der Waals surface area contributed by atoms with E-state index >= 15 is 0 Å². The summed E-state index contributed by atoms with van der Waals surface area (Å²) < 4.78 is 97.1. The second-order valence-electron chi connectivity index (χ2n) is 7.21. The zero-order valence-corrected chi connectivity index (χ0v) is 18.6. The molecule has 4 N–H and O–H groups in total. The van der Waals surface area contributed by atoms with Gasteiger partial charge in [0.05, 0.1) is 5.69 Å². The zero-order chi connectivity index (χ0) is 28.1. The number of carboxylic acid groups (broad SMARTS) is 1. The topological polar surface area (TPSA) is 127 Å². The fourth-order valence-electron chi connectivity index (χ4n) is 3.00. The predicted molar refractivity (Wildman–Crippen MR) is 113 cm³/mol. The number of H-pyrrole nitrogens is 1. The van der Waals surface area contributed by atoms with Gasteiger partial charge in [-0.3, -0.25) is 4.98 Å². The number of nitrogens with one attached hydrogen (secondary N) is 1. The smallest absolute Gasteiger partial charge is 0.475 e. The number of aliphatic carboxylic acids is 1. The summed E-state index contributed by atoms with van der Waals surface area (Å²) >= 11 is 0. The van der Waals surface area contributed by atoms with E-state index in [1.54, 1.807) is 25.1 Å². The highest BCUT2D eigenvalue weighted by molar-refractivity contribution is 5.73. The van der Waals surface area contributed by atoms with Gasteiger partial charge in [0.15, 0.2) is 0 Å². The molecule has 0 aliphatic carbocycles. The number of nitrogens with zero attached hydrogens (tertiary/aromatic N) is 3. The monoisotopic (exact) mass is 539 g/mol. The molecule has 37 heavy (non-hydrogen) atoms. The summed E-state index contributed by atoms with van der Waals surface area (Å²) in [6.45, 7) is 1.25. The Morgan fingerprint density at radius 3 is 2.19 bits per heavy atom. The lowest BCUT2D eigenvalue weighted by Gasteiger charge is -2.14. The van der Waals surface area contributed by atoms with Gasteiger partial charge in [0.25, 0.3) is 6.08 Å². The van der Waals surface area contributed by atoms with Crippen molar-refractivity contribution in [3.8, 4) is 16.8 Å². The summed E-state index contributed by atoms with van der Waals surface area (Å²) in [4.78, 5) is 24.7. The molecule has 8 nitrogen and oxygen atoms in total. The third kappa shape index (κ3) is 7.22. The minimum atomic E-state index is -5.08. The fourth-order valence-corrected chi connectivity index (χ4v) is 3.00. The Morgan fingerprint density at radius 1 is 1.11 bits per heavy atom. The minimum Gasteiger partial charge on any atom is -0.475 e. The van der Waals surface area contributed by atoms with Gasteiger partial charge < -0.3 is 10.8 Å². The molecule has 0 amide bonds. The number of carboxylic acids is 1. The highest BCUT2D eigenvalue weighted by Gasteiger charge is 2.38. The number of rotatable bonds is 5. The molecule has 0 aliphatic rings. The van der Waals surface area contributed by atoms with Crippen LogP contribution in [-0.4, -0.2) is 43.5 Å². The van der Waals surface area contributed by atoms with Crippen LogP contribution in [0.25, 0.3) is 16.8 Å². The van der Waals surface area contributed by atoms with Crippen LogP contribution in [0.3, 0.4) is 0 Å².